The highest BCUT2D eigenvalue weighted by atomic mass is 32.1. The number of nitrogens with zero attached hydrogens (tertiary/aromatic N) is 1. The molecule has 0 aromatic heterocycles. The van der Waals surface area contributed by atoms with E-state index in [4.69, 9.17) is 17.0 Å². The van der Waals surface area contributed by atoms with Crippen molar-refractivity contribution in [2.75, 3.05) is 19.7 Å². The molecule has 0 radical (unpaired) electrons. The summed E-state index contributed by atoms with van der Waals surface area (Å²) in [6, 6.07) is 17.8. The highest BCUT2D eigenvalue weighted by Gasteiger charge is 2.34. The van der Waals surface area contributed by atoms with Crippen LogP contribution in [0.1, 0.15) is 28.8 Å². The minimum Gasteiger partial charge on any atom is -0.466 e. The van der Waals surface area contributed by atoms with Crippen LogP contribution in [0.15, 0.2) is 60.7 Å². The van der Waals surface area contributed by atoms with Gasteiger partial charge in [0.25, 0.3) is 5.91 Å². The van der Waals surface area contributed by atoms with Gasteiger partial charge < -0.3 is 15.0 Å². The van der Waals surface area contributed by atoms with Gasteiger partial charge in [-0.3, -0.25) is 19.7 Å². The van der Waals surface area contributed by atoms with E-state index in [0.717, 1.165) is 6.42 Å². The lowest BCUT2D eigenvalue weighted by Crippen LogP contribution is -2.60. The number of thiocarbonyl (C=S) groups is 1. The van der Waals surface area contributed by atoms with Gasteiger partial charge in [0.15, 0.2) is 5.11 Å². The number of hydrogen-bond acceptors (Lipinski definition) is 5. The van der Waals surface area contributed by atoms with Crippen molar-refractivity contribution in [2.24, 2.45) is 0 Å². The molecule has 7 nitrogen and oxygen atoms in total. The number of ether oxygens (including phenoxy) is 1. The smallest absolute Gasteiger partial charge is 0.308 e. The Hall–Kier alpha value is -3.26. The van der Waals surface area contributed by atoms with Crippen molar-refractivity contribution in [2.45, 2.75) is 25.3 Å². The van der Waals surface area contributed by atoms with Gasteiger partial charge in [-0.05, 0) is 42.8 Å². The van der Waals surface area contributed by atoms with E-state index < -0.39 is 12.0 Å². The molecular weight excluding hydrogens is 414 g/mol. The van der Waals surface area contributed by atoms with Crippen molar-refractivity contribution >= 4 is 35.1 Å². The first-order valence-electron chi connectivity index (χ1n) is 10.2. The molecular formula is C23H25N3O4S. The van der Waals surface area contributed by atoms with Gasteiger partial charge >= 0.3 is 5.97 Å². The lowest BCUT2D eigenvalue weighted by atomic mass is 10.1. The Morgan fingerprint density at radius 1 is 1.10 bits per heavy atom. The van der Waals surface area contributed by atoms with Crippen LogP contribution in [0.2, 0.25) is 0 Å². The summed E-state index contributed by atoms with van der Waals surface area (Å²) in [6.45, 7) is 1.05. The number of amides is 2. The molecule has 0 bridgehead atoms. The molecule has 162 valence electrons. The maximum absolute atomic E-state index is 12.4. The van der Waals surface area contributed by atoms with Gasteiger partial charge in [0.05, 0.1) is 13.0 Å². The molecule has 2 N–H and O–H groups in total. The molecule has 0 spiro atoms. The van der Waals surface area contributed by atoms with Gasteiger partial charge in [0.2, 0.25) is 5.91 Å². The lowest BCUT2D eigenvalue weighted by Gasteiger charge is -2.36. The number of esters is 1. The van der Waals surface area contributed by atoms with Crippen LogP contribution in [0.5, 0.6) is 0 Å². The molecule has 1 saturated heterocycles. The Morgan fingerprint density at radius 2 is 1.77 bits per heavy atom. The summed E-state index contributed by atoms with van der Waals surface area (Å²) < 4.78 is 5.32. The van der Waals surface area contributed by atoms with Crippen LogP contribution in [0.25, 0.3) is 0 Å². The Kier molecular flexibility index (Phi) is 8.12. The third-order valence-electron chi connectivity index (χ3n) is 4.92. The molecule has 0 aliphatic carbocycles. The summed E-state index contributed by atoms with van der Waals surface area (Å²) in [5, 5.41) is 5.50. The second-order valence-electron chi connectivity index (χ2n) is 7.14. The number of carbonyl (C=O) groups is 3. The number of nitrogens with one attached hydrogen (secondary N) is 2. The van der Waals surface area contributed by atoms with Crippen molar-refractivity contribution in [3.8, 4) is 0 Å². The van der Waals surface area contributed by atoms with Crippen molar-refractivity contribution < 1.29 is 19.1 Å². The molecule has 1 fully saturated rings. The van der Waals surface area contributed by atoms with Gasteiger partial charge in [-0.1, -0.05) is 48.5 Å². The summed E-state index contributed by atoms with van der Waals surface area (Å²) in [4.78, 5) is 38.7. The summed E-state index contributed by atoms with van der Waals surface area (Å²) in [5.41, 5.74) is 1.64. The van der Waals surface area contributed by atoms with E-state index in [1.54, 1.807) is 29.2 Å². The molecule has 2 amide bonds. The molecule has 1 aliphatic heterocycles. The number of piperazine rings is 1. The first kappa shape index (κ1) is 22.4. The van der Waals surface area contributed by atoms with E-state index in [0.29, 0.717) is 25.1 Å². The minimum absolute atomic E-state index is 0.116. The summed E-state index contributed by atoms with van der Waals surface area (Å²) >= 11 is 5.36. The van der Waals surface area contributed by atoms with Crippen molar-refractivity contribution in [3.05, 3.63) is 71.8 Å². The number of carbonyl (C=O) groups excluding carboxylic acids is 3. The van der Waals surface area contributed by atoms with E-state index in [2.05, 4.69) is 10.6 Å². The fourth-order valence-electron chi connectivity index (χ4n) is 3.32. The quantitative estimate of drug-likeness (QED) is 0.390. The highest BCUT2D eigenvalue weighted by molar-refractivity contribution is 7.80. The van der Waals surface area contributed by atoms with Crippen molar-refractivity contribution in [1.82, 2.24) is 15.5 Å². The van der Waals surface area contributed by atoms with Crippen LogP contribution < -0.4 is 10.6 Å². The maximum Gasteiger partial charge on any atom is 0.308 e. The van der Waals surface area contributed by atoms with E-state index in [1.165, 1.54) is 5.56 Å². The van der Waals surface area contributed by atoms with Gasteiger partial charge in [-0.15, -0.1) is 0 Å². The number of rotatable bonds is 7. The maximum atomic E-state index is 12.4. The summed E-state index contributed by atoms with van der Waals surface area (Å²) in [5.74, 6) is -1.15. The van der Waals surface area contributed by atoms with Crippen LogP contribution in [0.3, 0.4) is 0 Å². The molecule has 1 heterocycles. The Labute approximate surface area is 186 Å². The summed E-state index contributed by atoms with van der Waals surface area (Å²) in [7, 11) is 0. The van der Waals surface area contributed by atoms with Gasteiger partial charge in [0.1, 0.15) is 6.04 Å². The molecule has 0 saturated carbocycles. The normalized spacial score (nSPS) is 15.7. The van der Waals surface area contributed by atoms with E-state index in [9.17, 15) is 14.4 Å². The fraction of sp³-hybridized carbons (Fsp3) is 0.304. The van der Waals surface area contributed by atoms with E-state index >= 15 is 0 Å². The SMILES string of the molecule is O=C(CC1C(=O)NCCN1C(=S)NC(=O)c1ccccc1)OCCCc1ccccc1. The standard InChI is InChI=1S/C23H25N3O4S/c27-20(30-15-7-10-17-8-3-1-4-9-17)16-19-22(29)24-13-14-26(19)23(31)25-21(28)18-11-5-2-6-12-18/h1-6,8-9,11-12,19H,7,10,13-16H2,(H,24,29)(H,25,28,31). The van der Waals surface area contributed by atoms with Crippen LogP contribution in [0, 0.1) is 0 Å². The average Bonchev–Trinajstić information content (AvgIpc) is 2.79. The molecule has 8 heteroatoms. The van der Waals surface area contributed by atoms with Crippen LogP contribution in [0.4, 0.5) is 0 Å². The Balaban J connectivity index is 1.51. The van der Waals surface area contributed by atoms with E-state index in [-0.39, 0.29) is 30.0 Å². The molecule has 2 aromatic carbocycles. The van der Waals surface area contributed by atoms with Gasteiger partial charge in [-0.25, -0.2) is 0 Å². The third kappa shape index (κ3) is 6.62. The first-order chi connectivity index (χ1) is 15.0. The predicted molar refractivity (Wildman–Crippen MR) is 120 cm³/mol. The van der Waals surface area contributed by atoms with Crippen LogP contribution in [-0.4, -0.2) is 53.5 Å². The van der Waals surface area contributed by atoms with Gasteiger partial charge in [-0.2, -0.15) is 0 Å². The predicted octanol–water partition coefficient (Wildman–Crippen LogP) is 2.07. The number of hydrogen-bond donors (Lipinski definition) is 2. The zero-order valence-electron chi connectivity index (χ0n) is 17.1. The molecule has 1 atom stereocenters. The van der Waals surface area contributed by atoms with Crippen molar-refractivity contribution in [1.29, 1.82) is 0 Å². The summed E-state index contributed by atoms with van der Waals surface area (Å²) in [6.07, 6.45) is 1.36. The third-order valence-corrected chi connectivity index (χ3v) is 5.26. The fourth-order valence-corrected chi connectivity index (χ4v) is 3.63. The number of benzene rings is 2. The molecule has 31 heavy (non-hydrogen) atoms. The molecule has 1 unspecified atom stereocenters. The van der Waals surface area contributed by atoms with E-state index in [1.807, 2.05) is 36.4 Å². The van der Waals surface area contributed by atoms with Crippen LogP contribution >= 0.6 is 12.2 Å². The second-order valence-corrected chi connectivity index (χ2v) is 7.53. The second kappa shape index (κ2) is 11.2. The Morgan fingerprint density at radius 3 is 2.48 bits per heavy atom. The molecule has 1 aliphatic rings. The highest BCUT2D eigenvalue weighted by Crippen LogP contribution is 2.12. The molecule has 3 rings (SSSR count). The average molecular weight is 440 g/mol. The minimum atomic E-state index is -0.820. The van der Waals surface area contributed by atoms with Crippen molar-refractivity contribution in [3.63, 3.8) is 0 Å². The largest absolute Gasteiger partial charge is 0.466 e. The topological polar surface area (TPSA) is 87.7 Å². The monoisotopic (exact) mass is 439 g/mol. The Bertz CT molecular complexity index is 921. The number of aryl methyl sites for hydroxylation is 1. The zero-order valence-corrected chi connectivity index (χ0v) is 17.9. The zero-order chi connectivity index (χ0) is 22.1. The first-order valence-corrected chi connectivity index (χ1v) is 10.6. The van der Waals surface area contributed by atoms with Gasteiger partial charge in [0, 0.05) is 18.7 Å². The lowest BCUT2D eigenvalue weighted by molar-refractivity contribution is -0.147. The van der Waals surface area contributed by atoms with Crippen LogP contribution in [-0.2, 0) is 20.7 Å². The molecule has 2 aromatic rings.